The SMILES string of the molecule is C[C@@H](Sc1nnc(-c2ccc(F)cc2)n1N)C(=O)Nc1ccc(Cl)cc1F. The number of rotatable bonds is 5. The van der Waals surface area contributed by atoms with E-state index in [0.29, 0.717) is 11.4 Å². The van der Waals surface area contributed by atoms with Crippen LogP contribution in [0.25, 0.3) is 11.4 Å². The van der Waals surface area contributed by atoms with Crippen LogP contribution in [0.3, 0.4) is 0 Å². The second-order valence-electron chi connectivity index (χ2n) is 5.56. The third-order valence-electron chi connectivity index (χ3n) is 3.61. The zero-order valence-electron chi connectivity index (χ0n) is 14.0. The van der Waals surface area contributed by atoms with Crippen molar-refractivity contribution in [3.8, 4) is 11.4 Å². The van der Waals surface area contributed by atoms with E-state index in [1.807, 2.05) is 0 Å². The molecule has 1 aromatic heterocycles. The summed E-state index contributed by atoms with van der Waals surface area (Å²) in [5.74, 6) is 4.87. The standard InChI is InChI=1S/C17H14ClF2N5OS/c1-9(16(26)22-14-7-4-11(18)8-13(14)20)27-17-24-23-15(25(17)21)10-2-5-12(19)6-3-10/h2-9H,21H2,1H3,(H,22,26)/t9-/m1/s1. The lowest BCUT2D eigenvalue weighted by molar-refractivity contribution is -0.115. The molecule has 3 rings (SSSR count). The molecule has 1 amide bonds. The summed E-state index contributed by atoms with van der Waals surface area (Å²) in [6.07, 6.45) is 0. The number of aromatic nitrogens is 3. The Morgan fingerprint density at radius 2 is 1.93 bits per heavy atom. The largest absolute Gasteiger partial charge is 0.335 e. The Bertz CT molecular complexity index is 980. The van der Waals surface area contributed by atoms with Crippen LogP contribution in [0.1, 0.15) is 6.92 Å². The first kappa shape index (κ1) is 19.1. The second kappa shape index (κ2) is 7.93. The summed E-state index contributed by atoms with van der Waals surface area (Å²) in [7, 11) is 0. The molecular weight excluding hydrogens is 396 g/mol. The van der Waals surface area contributed by atoms with Crippen molar-refractivity contribution in [1.82, 2.24) is 14.9 Å². The van der Waals surface area contributed by atoms with Crippen molar-refractivity contribution in [1.29, 1.82) is 0 Å². The van der Waals surface area contributed by atoms with E-state index in [-0.39, 0.29) is 21.7 Å². The van der Waals surface area contributed by atoms with Gasteiger partial charge < -0.3 is 11.2 Å². The minimum Gasteiger partial charge on any atom is -0.335 e. The van der Waals surface area contributed by atoms with Gasteiger partial charge in [-0.1, -0.05) is 23.4 Å². The number of benzene rings is 2. The molecule has 0 aliphatic carbocycles. The molecule has 6 nitrogen and oxygen atoms in total. The zero-order chi connectivity index (χ0) is 19.6. The van der Waals surface area contributed by atoms with E-state index in [9.17, 15) is 13.6 Å². The van der Waals surface area contributed by atoms with Gasteiger partial charge in [-0.05, 0) is 49.4 Å². The average molecular weight is 410 g/mol. The molecule has 0 saturated carbocycles. The fourth-order valence-electron chi connectivity index (χ4n) is 2.19. The number of nitrogens with one attached hydrogen (secondary N) is 1. The molecule has 0 aliphatic heterocycles. The third-order valence-corrected chi connectivity index (χ3v) is 4.90. The molecule has 0 saturated heterocycles. The predicted molar refractivity (Wildman–Crippen MR) is 101 cm³/mol. The number of nitrogens with two attached hydrogens (primary N) is 1. The first-order valence-corrected chi connectivity index (χ1v) is 9.00. The highest BCUT2D eigenvalue weighted by atomic mass is 35.5. The number of nitrogen functional groups attached to an aromatic ring is 1. The van der Waals surface area contributed by atoms with Crippen molar-refractivity contribution in [2.45, 2.75) is 17.3 Å². The average Bonchev–Trinajstić information content (AvgIpc) is 2.98. The number of thioether (sulfide) groups is 1. The van der Waals surface area contributed by atoms with E-state index in [1.54, 1.807) is 6.92 Å². The summed E-state index contributed by atoms with van der Waals surface area (Å²) in [6.45, 7) is 1.63. The first-order chi connectivity index (χ1) is 12.8. The molecule has 27 heavy (non-hydrogen) atoms. The lowest BCUT2D eigenvalue weighted by Gasteiger charge is -2.12. The van der Waals surface area contributed by atoms with Crippen molar-refractivity contribution in [3.05, 3.63) is 59.1 Å². The Morgan fingerprint density at radius 1 is 1.22 bits per heavy atom. The fourth-order valence-corrected chi connectivity index (χ4v) is 3.12. The van der Waals surface area contributed by atoms with Gasteiger partial charge >= 0.3 is 0 Å². The number of amides is 1. The van der Waals surface area contributed by atoms with E-state index >= 15 is 0 Å². The lowest BCUT2D eigenvalue weighted by Crippen LogP contribution is -2.24. The molecule has 0 radical (unpaired) electrons. The molecule has 3 N–H and O–H groups in total. The molecule has 0 bridgehead atoms. The Morgan fingerprint density at radius 3 is 2.59 bits per heavy atom. The molecule has 0 unspecified atom stereocenters. The van der Waals surface area contributed by atoms with E-state index in [4.69, 9.17) is 17.4 Å². The molecule has 1 atom stereocenters. The number of hydrogen-bond acceptors (Lipinski definition) is 5. The van der Waals surface area contributed by atoms with Crippen molar-refractivity contribution < 1.29 is 13.6 Å². The van der Waals surface area contributed by atoms with Crippen LogP contribution in [0.4, 0.5) is 14.5 Å². The van der Waals surface area contributed by atoms with Gasteiger partial charge in [0.2, 0.25) is 11.1 Å². The minimum absolute atomic E-state index is 0.0260. The number of anilines is 1. The third kappa shape index (κ3) is 4.37. The summed E-state index contributed by atoms with van der Waals surface area (Å²) < 4.78 is 28.1. The van der Waals surface area contributed by atoms with Crippen molar-refractivity contribution in [3.63, 3.8) is 0 Å². The minimum atomic E-state index is -0.632. The van der Waals surface area contributed by atoms with Crippen LogP contribution in [0, 0.1) is 11.6 Å². The van der Waals surface area contributed by atoms with E-state index in [2.05, 4.69) is 15.5 Å². The maximum atomic E-state index is 13.8. The highest BCUT2D eigenvalue weighted by Gasteiger charge is 2.21. The van der Waals surface area contributed by atoms with E-state index < -0.39 is 17.0 Å². The molecule has 10 heteroatoms. The Balaban J connectivity index is 1.71. The molecule has 140 valence electrons. The van der Waals surface area contributed by atoms with Crippen LogP contribution in [-0.2, 0) is 4.79 Å². The maximum absolute atomic E-state index is 13.8. The van der Waals surface area contributed by atoms with Gasteiger partial charge in [0.1, 0.15) is 11.6 Å². The quantitative estimate of drug-likeness (QED) is 0.495. The lowest BCUT2D eigenvalue weighted by atomic mass is 10.2. The number of hydrogen-bond donors (Lipinski definition) is 2. The van der Waals surface area contributed by atoms with Crippen LogP contribution < -0.4 is 11.2 Å². The Hall–Kier alpha value is -2.65. The number of carbonyl (C=O) groups is 1. The van der Waals surface area contributed by atoms with Crippen LogP contribution in [0.15, 0.2) is 47.6 Å². The fraction of sp³-hybridized carbons (Fsp3) is 0.118. The molecule has 3 aromatic rings. The van der Waals surface area contributed by atoms with Gasteiger partial charge in [-0.3, -0.25) is 4.79 Å². The molecular formula is C17H14ClF2N5OS. The maximum Gasteiger partial charge on any atom is 0.237 e. The molecule has 0 aliphatic rings. The van der Waals surface area contributed by atoms with Crippen molar-refractivity contribution in [2.75, 3.05) is 11.2 Å². The summed E-state index contributed by atoms with van der Waals surface area (Å²) in [5, 5.41) is 10.3. The highest BCUT2D eigenvalue weighted by molar-refractivity contribution is 8.00. The van der Waals surface area contributed by atoms with E-state index in [1.165, 1.54) is 41.1 Å². The molecule has 2 aromatic carbocycles. The summed E-state index contributed by atoms with van der Waals surface area (Å²) in [5.41, 5.74) is 0.608. The summed E-state index contributed by atoms with van der Waals surface area (Å²) in [4.78, 5) is 12.3. The molecule has 0 fully saturated rings. The van der Waals surface area contributed by atoms with Crippen molar-refractivity contribution in [2.24, 2.45) is 0 Å². The summed E-state index contributed by atoms with van der Waals surface area (Å²) >= 11 is 6.75. The van der Waals surface area contributed by atoms with Gasteiger partial charge in [-0.2, -0.15) is 0 Å². The van der Waals surface area contributed by atoms with Crippen LogP contribution >= 0.6 is 23.4 Å². The molecule has 1 heterocycles. The van der Waals surface area contributed by atoms with Gasteiger partial charge in [0, 0.05) is 10.6 Å². The summed E-state index contributed by atoms with van der Waals surface area (Å²) in [6, 6.07) is 9.59. The van der Waals surface area contributed by atoms with Gasteiger partial charge in [0.25, 0.3) is 0 Å². The van der Waals surface area contributed by atoms with E-state index in [0.717, 1.165) is 17.8 Å². The molecule has 0 spiro atoms. The topological polar surface area (TPSA) is 85.8 Å². The number of carbonyl (C=O) groups excluding carboxylic acids is 1. The number of nitrogens with zero attached hydrogens (tertiary/aromatic N) is 3. The van der Waals surface area contributed by atoms with Crippen molar-refractivity contribution >= 4 is 35.0 Å². The monoisotopic (exact) mass is 409 g/mol. The normalized spacial score (nSPS) is 12.0. The zero-order valence-corrected chi connectivity index (χ0v) is 15.6. The second-order valence-corrected chi connectivity index (χ2v) is 7.30. The van der Waals surface area contributed by atoms with Gasteiger partial charge in [0.15, 0.2) is 5.82 Å². The van der Waals surface area contributed by atoms with Gasteiger partial charge in [-0.25, -0.2) is 13.5 Å². The first-order valence-electron chi connectivity index (χ1n) is 7.74. The Labute approximate surface area is 162 Å². The van der Waals surface area contributed by atoms with Crippen LogP contribution in [-0.4, -0.2) is 26.0 Å². The number of halogens is 3. The van der Waals surface area contributed by atoms with Gasteiger partial charge in [0.05, 0.1) is 10.9 Å². The highest BCUT2D eigenvalue weighted by Crippen LogP contribution is 2.26. The van der Waals surface area contributed by atoms with Crippen LogP contribution in [0.5, 0.6) is 0 Å². The Kier molecular flexibility index (Phi) is 5.62. The predicted octanol–water partition coefficient (Wildman–Crippen LogP) is 3.71. The van der Waals surface area contributed by atoms with Crippen LogP contribution in [0.2, 0.25) is 5.02 Å². The van der Waals surface area contributed by atoms with Gasteiger partial charge in [-0.15, -0.1) is 10.2 Å². The smallest absolute Gasteiger partial charge is 0.237 e.